The molecule has 1 aromatic rings. The van der Waals surface area contributed by atoms with E-state index in [1.54, 1.807) is 11.8 Å². The quantitative estimate of drug-likeness (QED) is 0.718. The van der Waals surface area contributed by atoms with Gasteiger partial charge in [0.2, 0.25) is 0 Å². The molecule has 0 N–H and O–H groups in total. The number of Topliss-reactive ketones (excluding diaryl/α,β-unsaturated/α-hetero) is 1. The summed E-state index contributed by atoms with van der Waals surface area (Å²) in [6.45, 7) is 8.26. The Kier molecular flexibility index (Phi) is 5.07. The van der Waals surface area contributed by atoms with E-state index in [4.69, 9.17) is 0 Å². The van der Waals surface area contributed by atoms with Crippen molar-refractivity contribution in [1.82, 2.24) is 0 Å². The summed E-state index contributed by atoms with van der Waals surface area (Å²) in [6.07, 6.45) is 1.12. The summed E-state index contributed by atoms with van der Waals surface area (Å²) < 4.78 is 0. The van der Waals surface area contributed by atoms with Gasteiger partial charge in [0, 0.05) is 5.56 Å². The van der Waals surface area contributed by atoms with Crippen molar-refractivity contribution >= 4 is 17.5 Å². The highest BCUT2D eigenvalue weighted by Crippen LogP contribution is 2.18. The second-order valence-electron chi connectivity index (χ2n) is 4.18. The number of thioether (sulfide) groups is 1. The minimum atomic E-state index is 0.0713. The van der Waals surface area contributed by atoms with Crippen LogP contribution in [0, 0.1) is 13.8 Å². The van der Waals surface area contributed by atoms with Crippen LogP contribution in [0.1, 0.15) is 41.8 Å². The fourth-order valence-corrected chi connectivity index (χ4v) is 2.38. The van der Waals surface area contributed by atoms with Gasteiger partial charge < -0.3 is 0 Å². The van der Waals surface area contributed by atoms with Crippen molar-refractivity contribution in [2.45, 2.75) is 39.4 Å². The topological polar surface area (TPSA) is 17.1 Å². The number of carbonyl (C=O) groups excluding carboxylic acids is 1. The number of hydrogen-bond acceptors (Lipinski definition) is 2. The van der Waals surface area contributed by atoms with Crippen molar-refractivity contribution in [1.29, 1.82) is 0 Å². The smallest absolute Gasteiger partial charge is 0.175 e. The van der Waals surface area contributed by atoms with Crippen LogP contribution in [-0.2, 0) is 0 Å². The number of benzene rings is 1. The summed E-state index contributed by atoms with van der Waals surface area (Å²) in [5, 5.41) is 0.0713. The second kappa shape index (κ2) is 6.09. The largest absolute Gasteiger partial charge is 0.293 e. The first kappa shape index (κ1) is 13.3. The van der Waals surface area contributed by atoms with Crippen LogP contribution in [0.4, 0.5) is 0 Å². The molecule has 1 nitrogen and oxygen atoms in total. The molecule has 0 aromatic heterocycles. The maximum Gasteiger partial charge on any atom is 0.175 e. The molecule has 0 aliphatic carbocycles. The van der Waals surface area contributed by atoms with E-state index >= 15 is 0 Å². The van der Waals surface area contributed by atoms with E-state index in [2.05, 4.69) is 20.8 Å². The molecule has 88 valence electrons. The van der Waals surface area contributed by atoms with Crippen molar-refractivity contribution in [2.24, 2.45) is 0 Å². The molecule has 0 heterocycles. The van der Waals surface area contributed by atoms with E-state index in [0.29, 0.717) is 0 Å². The normalized spacial score (nSPS) is 12.5. The molecular formula is C14H20OS. The standard InChI is InChI=1S/C14H20OS/c1-5-8-16-12(4)14(15)13-7-6-10(2)11(3)9-13/h6-7,9,12H,5,8H2,1-4H3. The lowest BCUT2D eigenvalue weighted by Gasteiger charge is -2.10. The third-order valence-electron chi connectivity index (χ3n) is 2.73. The molecule has 0 bridgehead atoms. The molecule has 0 radical (unpaired) electrons. The van der Waals surface area contributed by atoms with Gasteiger partial charge in [0.05, 0.1) is 5.25 Å². The van der Waals surface area contributed by atoms with Crippen LogP contribution < -0.4 is 0 Å². The Balaban J connectivity index is 2.76. The van der Waals surface area contributed by atoms with Gasteiger partial charge in [0.25, 0.3) is 0 Å². The van der Waals surface area contributed by atoms with Gasteiger partial charge in [-0.25, -0.2) is 0 Å². The predicted octanol–water partition coefficient (Wildman–Crippen LogP) is 4.02. The molecule has 1 unspecified atom stereocenters. The second-order valence-corrected chi connectivity index (χ2v) is 5.62. The van der Waals surface area contributed by atoms with Crippen LogP contribution >= 0.6 is 11.8 Å². The lowest BCUT2D eigenvalue weighted by atomic mass is 10.0. The van der Waals surface area contributed by atoms with Gasteiger partial charge in [-0.05, 0) is 50.1 Å². The third-order valence-corrected chi connectivity index (χ3v) is 4.09. The zero-order valence-corrected chi connectivity index (χ0v) is 11.4. The van der Waals surface area contributed by atoms with Gasteiger partial charge in [-0.1, -0.05) is 19.1 Å². The molecule has 0 amide bonds. The van der Waals surface area contributed by atoms with E-state index in [0.717, 1.165) is 17.7 Å². The molecule has 0 saturated heterocycles. The van der Waals surface area contributed by atoms with Gasteiger partial charge >= 0.3 is 0 Å². The van der Waals surface area contributed by atoms with E-state index in [9.17, 15) is 4.79 Å². The van der Waals surface area contributed by atoms with E-state index in [1.165, 1.54) is 11.1 Å². The van der Waals surface area contributed by atoms with Crippen molar-refractivity contribution in [3.05, 3.63) is 34.9 Å². The third kappa shape index (κ3) is 3.38. The first-order valence-electron chi connectivity index (χ1n) is 5.79. The molecule has 2 heteroatoms. The van der Waals surface area contributed by atoms with Crippen LogP contribution in [0.5, 0.6) is 0 Å². The Labute approximate surface area is 103 Å². The molecule has 0 aliphatic rings. The lowest BCUT2D eigenvalue weighted by Crippen LogP contribution is -2.14. The summed E-state index contributed by atoms with van der Waals surface area (Å²) in [7, 11) is 0. The highest BCUT2D eigenvalue weighted by atomic mass is 32.2. The van der Waals surface area contributed by atoms with Crippen molar-refractivity contribution in [3.63, 3.8) is 0 Å². The van der Waals surface area contributed by atoms with Crippen molar-refractivity contribution in [2.75, 3.05) is 5.75 Å². The van der Waals surface area contributed by atoms with Crippen LogP contribution in [0.25, 0.3) is 0 Å². The maximum absolute atomic E-state index is 12.1. The molecule has 0 saturated carbocycles. The minimum absolute atomic E-state index is 0.0713. The van der Waals surface area contributed by atoms with Crippen molar-refractivity contribution in [3.8, 4) is 0 Å². The minimum Gasteiger partial charge on any atom is -0.293 e. The highest BCUT2D eigenvalue weighted by molar-refractivity contribution is 8.00. The zero-order valence-electron chi connectivity index (χ0n) is 10.5. The average molecular weight is 236 g/mol. The van der Waals surface area contributed by atoms with Gasteiger partial charge in [-0.15, -0.1) is 0 Å². The van der Waals surface area contributed by atoms with Crippen LogP contribution in [0.2, 0.25) is 0 Å². The predicted molar refractivity (Wildman–Crippen MR) is 72.5 cm³/mol. The molecule has 16 heavy (non-hydrogen) atoms. The van der Waals surface area contributed by atoms with Gasteiger partial charge in [0.15, 0.2) is 5.78 Å². The fourth-order valence-electron chi connectivity index (χ4n) is 1.50. The maximum atomic E-state index is 12.1. The average Bonchev–Trinajstić information content (AvgIpc) is 2.28. The zero-order chi connectivity index (χ0) is 12.1. The molecule has 1 rings (SSSR count). The molecule has 1 atom stereocenters. The Hall–Kier alpha value is -0.760. The van der Waals surface area contributed by atoms with Crippen LogP contribution in [0.15, 0.2) is 18.2 Å². The number of carbonyl (C=O) groups is 1. The molecule has 0 spiro atoms. The summed E-state index contributed by atoms with van der Waals surface area (Å²) in [4.78, 5) is 12.1. The van der Waals surface area contributed by atoms with Gasteiger partial charge in [0.1, 0.15) is 0 Å². The van der Waals surface area contributed by atoms with Crippen LogP contribution in [0.3, 0.4) is 0 Å². The summed E-state index contributed by atoms with van der Waals surface area (Å²) in [6, 6.07) is 5.97. The van der Waals surface area contributed by atoms with Gasteiger partial charge in [-0.2, -0.15) is 11.8 Å². The Morgan fingerprint density at radius 1 is 1.31 bits per heavy atom. The molecule has 1 aromatic carbocycles. The molecular weight excluding hydrogens is 216 g/mol. The number of hydrogen-bond donors (Lipinski definition) is 0. The number of ketones is 1. The monoisotopic (exact) mass is 236 g/mol. The lowest BCUT2D eigenvalue weighted by molar-refractivity contribution is 0.0994. The van der Waals surface area contributed by atoms with E-state index in [1.807, 2.05) is 25.1 Å². The first-order chi connectivity index (χ1) is 7.56. The first-order valence-corrected chi connectivity index (χ1v) is 6.84. The van der Waals surface area contributed by atoms with E-state index in [-0.39, 0.29) is 11.0 Å². The van der Waals surface area contributed by atoms with Crippen LogP contribution in [-0.4, -0.2) is 16.8 Å². The van der Waals surface area contributed by atoms with Gasteiger partial charge in [-0.3, -0.25) is 4.79 Å². The number of aryl methyl sites for hydroxylation is 2. The Morgan fingerprint density at radius 3 is 2.56 bits per heavy atom. The molecule has 0 fully saturated rings. The fraction of sp³-hybridized carbons (Fsp3) is 0.500. The van der Waals surface area contributed by atoms with Crippen molar-refractivity contribution < 1.29 is 4.79 Å². The van der Waals surface area contributed by atoms with E-state index < -0.39 is 0 Å². The summed E-state index contributed by atoms with van der Waals surface area (Å²) in [5.41, 5.74) is 3.28. The summed E-state index contributed by atoms with van der Waals surface area (Å²) >= 11 is 1.74. The Bertz CT molecular complexity index is 371. The highest BCUT2D eigenvalue weighted by Gasteiger charge is 2.15. The summed E-state index contributed by atoms with van der Waals surface area (Å²) in [5.74, 6) is 1.30. The molecule has 0 aliphatic heterocycles. The Morgan fingerprint density at radius 2 is 2.00 bits per heavy atom. The SMILES string of the molecule is CCCSC(C)C(=O)c1ccc(C)c(C)c1. The number of rotatable bonds is 5.